The zero-order valence-corrected chi connectivity index (χ0v) is 11.1. The van der Waals surface area contributed by atoms with Crippen molar-refractivity contribution in [1.29, 1.82) is 0 Å². The fourth-order valence-electron chi connectivity index (χ4n) is 1.95. The summed E-state index contributed by atoms with van der Waals surface area (Å²) in [4.78, 5) is 15.2. The number of hydrogen-bond donors (Lipinski definition) is 2. The third-order valence-corrected chi connectivity index (χ3v) is 3.07. The second-order valence-corrected chi connectivity index (χ2v) is 4.45. The molecular weight excluding hydrogens is 254 g/mol. The maximum absolute atomic E-state index is 5.70. The minimum Gasteiger partial charge on any atom is -0.471 e. The van der Waals surface area contributed by atoms with Crippen molar-refractivity contribution in [3.8, 4) is 5.88 Å². The average Bonchev–Trinajstić information content (AvgIpc) is 2.93. The van der Waals surface area contributed by atoms with E-state index in [4.69, 9.17) is 10.5 Å². The van der Waals surface area contributed by atoms with E-state index >= 15 is 0 Å². The molecule has 2 heterocycles. The molecule has 0 fully saturated rings. The molecule has 0 aliphatic carbocycles. The number of aromatic amines is 1. The molecule has 2 aromatic heterocycles. The number of H-pyrrole nitrogens is 1. The van der Waals surface area contributed by atoms with Gasteiger partial charge in [0.15, 0.2) is 11.2 Å². The van der Waals surface area contributed by atoms with Gasteiger partial charge in [0.2, 0.25) is 11.8 Å². The summed E-state index contributed by atoms with van der Waals surface area (Å²) in [6.45, 7) is 2.55. The Morgan fingerprint density at radius 2 is 1.90 bits per heavy atom. The molecule has 0 atom stereocenters. The summed E-state index contributed by atoms with van der Waals surface area (Å²) in [5.74, 6) is 0.561. The number of nitrogen functional groups attached to an aromatic ring is 1. The fourth-order valence-corrected chi connectivity index (χ4v) is 1.95. The highest BCUT2D eigenvalue weighted by Gasteiger charge is 2.10. The Labute approximate surface area is 116 Å². The second-order valence-electron chi connectivity index (χ2n) is 4.45. The molecule has 0 bridgehead atoms. The minimum atomic E-state index is 0.165. The van der Waals surface area contributed by atoms with Crippen molar-refractivity contribution in [3.63, 3.8) is 0 Å². The van der Waals surface area contributed by atoms with Crippen LogP contribution in [0.5, 0.6) is 5.88 Å². The number of hydrogen-bond acceptors (Lipinski definition) is 5. The molecule has 0 amide bonds. The van der Waals surface area contributed by atoms with Crippen molar-refractivity contribution < 1.29 is 4.74 Å². The van der Waals surface area contributed by atoms with Gasteiger partial charge in [-0.15, -0.1) is 0 Å². The van der Waals surface area contributed by atoms with E-state index in [1.54, 1.807) is 6.33 Å². The van der Waals surface area contributed by atoms with E-state index in [-0.39, 0.29) is 5.95 Å². The molecule has 1 aromatic carbocycles. The van der Waals surface area contributed by atoms with Crippen molar-refractivity contribution in [2.75, 3.05) is 5.73 Å². The van der Waals surface area contributed by atoms with E-state index in [9.17, 15) is 0 Å². The Bertz CT molecular complexity index is 720. The molecule has 3 aromatic rings. The van der Waals surface area contributed by atoms with E-state index in [2.05, 4.69) is 39.0 Å². The van der Waals surface area contributed by atoms with E-state index in [0.29, 0.717) is 23.7 Å². The van der Waals surface area contributed by atoms with Gasteiger partial charge in [-0.25, -0.2) is 4.98 Å². The number of nitrogens with one attached hydrogen (secondary N) is 1. The number of aromatic nitrogens is 4. The number of fused-ring (bicyclic) bond motifs is 1. The van der Waals surface area contributed by atoms with Crippen LogP contribution in [0, 0.1) is 0 Å². The largest absolute Gasteiger partial charge is 0.471 e. The molecule has 3 N–H and O–H groups in total. The van der Waals surface area contributed by atoms with Gasteiger partial charge in [0.1, 0.15) is 6.61 Å². The fraction of sp³-hybridized carbons (Fsp3) is 0.214. The van der Waals surface area contributed by atoms with Crippen LogP contribution in [0.3, 0.4) is 0 Å². The highest BCUT2D eigenvalue weighted by atomic mass is 16.5. The highest BCUT2D eigenvalue weighted by molar-refractivity contribution is 5.76. The summed E-state index contributed by atoms with van der Waals surface area (Å²) in [5, 5.41) is 0. The van der Waals surface area contributed by atoms with Crippen LogP contribution in [0.4, 0.5) is 5.95 Å². The Morgan fingerprint density at radius 3 is 2.65 bits per heavy atom. The molecule has 102 valence electrons. The van der Waals surface area contributed by atoms with Gasteiger partial charge in [-0.2, -0.15) is 9.97 Å². The monoisotopic (exact) mass is 269 g/mol. The predicted molar refractivity (Wildman–Crippen MR) is 76.2 cm³/mol. The van der Waals surface area contributed by atoms with E-state index in [1.807, 2.05) is 12.1 Å². The third-order valence-electron chi connectivity index (χ3n) is 3.07. The number of nitrogens with two attached hydrogens (primary N) is 1. The van der Waals surface area contributed by atoms with Crippen LogP contribution < -0.4 is 10.5 Å². The Morgan fingerprint density at radius 1 is 1.15 bits per heavy atom. The number of anilines is 1. The van der Waals surface area contributed by atoms with Gasteiger partial charge >= 0.3 is 0 Å². The molecule has 0 aliphatic heterocycles. The zero-order valence-electron chi connectivity index (χ0n) is 11.1. The standard InChI is InChI=1S/C14H15N5O/c1-2-9-3-5-10(6-4-9)7-20-13-11-12(17-8-16-11)18-14(15)19-13/h3-6,8H,2,7H2,1H3,(H3,15,16,17,18,19). The van der Waals surface area contributed by atoms with Crippen molar-refractivity contribution in [2.24, 2.45) is 0 Å². The van der Waals surface area contributed by atoms with Crippen LogP contribution in [-0.2, 0) is 13.0 Å². The Hall–Kier alpha value is -2.63. The van der Waals surface area contributed by atoms with Crippen molar-refractivity contribution >= 4 is 17.1 Å². The van der Waals surface area contributed by atoms with Crippen LogP contribution in [0.25, 0.3) is 11.2 Å². The van der Waals surface area contributed by atoms with Gasteiger partial charge in [0.25, 0.3) is 0 Å². The first kappa shape index (κ1) is 12.4. The lowest BCUT2D eigenvalue weighted by atomic mass is 10.1. The first-order chi connectivity index (χ1) is 9.76. The summed E-state index contributed by atoms with van der Waals surface area (Å²) in [6, 6.07) is 8.28. The summed E-state index contributed by atoms with van der Waals surface area (Å²) < 4.78 is 5.70. The van der Waals surface area contributed by atoms with Crippen molar-refractivity contribution in [3.05, 3.63) is 41.7 Å². The number of ether oxygens (including phenoxy) is 1. The molecule has 0 saturated carbocycles. The molecular formula is C14H15N5O. The van der Waals surface area contributed by atoms with Gasteiger partial charge in [0, 0.05) is 0 Å². The van der Waals surface area contributed by atoms with Gasteiger partial charge in [-0.3, -0.25) is 0 Å². The molecule has 0 unspecified atom stereocenters. The highest BCUT2D eigenvalue weighted by Crippen LogP contribution is 2.20. The van der Waals surface area contributed by atoms with E-state index in [1.165, 1.54) is 5.56 Å². The lowest BCUT2D eigenvalue weighted by Crippen LogP contribution is -2.02. The van der Waals surface area contributed by atoms with Crippen molar-refractivity contribution in [2.45, 2.75) is 20.0 Å². The topological polar surface area (TPSA) is 89.7 Å². The van der Waals surface area contributed by atoms with Crippen LogP contribution in [0.1, 0.15) is 18.1 Å². The molecule has 20 heavy (non-hydrogen) atoms. The summed E-state index contributed by atoms with van der Waals surface area (Å²) in [6.07, 6.45) is 2.57. The SMILES string of the molecule is CCc1ccc(COc2nc(N)nc3[nH]cnc23)cc1. The van der Waals surface area contributed by atoms with E-state index < -0.39 is 0 Å². The summed E-state index contributed by atoms with van der Waals surface area (Å²) in [5.41, 5.74) is 9.18. The zero-order chi connectivity index (χ0) is 13.9. The molecule has 3 rings (SSSR count). The predicted octanol–water partition coefficient (Wildman–Crippen LogP) is 2.08. The molecule has 6 nitrogen and oxygen atoms in total. The maximum Gasteiger partial charge on any atom is 0.247 e. The molecule has 0 radical (unpaired) electrons. The van der Waals surface area contributed by atoms with Gasteiger partial charge in [-0.05, 0) is 17.5 Å². The number of nitrogens with zero attached hydrogens (tertiary/aromatic N) is 3. The summed E-state index contributed by atoms with van der Waals surface area (Å²) in [7, 11) is 0. The van der Waals surface area contributed by atoms with Gasteiger partial charge in [-0.1, -0.05) is 31.2 Å². The Balaban J connectivity index is 1.80. The number of benzene rings is 1. The van der Waals surface area contributed by atoms with Gasteiger partial charge in [0.05, 0.1) is 6.33 Å². The van der Waals surface area contributed by atoms with Crippen molar-refractivity contribution in [1.82, 2.24) is 19.9 Å². The quantitative estimate of drug-likeness (QED) is 0.756. The van der Waals surface area contributed by atoms with Gasteiger partial charge < -0.3 is 15.5 Å². The number of imidazole rings is 1. The average molecular weight is 269 g/mol. The first-order valence-electron chi connectivity index (χ1n) is 6.43. The maximum atomic E-state index is 5.70. The summed E-state index contributed by atoms with van der Waals surface area (Å²) >= 11 is 0. The number of rotatable bonds is 4. The van der Waals surface area contributed by atoms with Crippen LogP contribution in [0.15, 0.2) is 30.6 Å². The first-order valence-corrected chi connectivity index (χ1v) is 6.43. The minimum absolute atomic E-state index is 0.165. The van der Waals surface area contributed by atoms with Crippen LogP contribution in [0.2, 0.25) is 0 Å². The third kappa shape index (κ3) is 2.40. The molecule has 0 aliphatic rings. The molecule has 6 heteroatoms. The smallest absolute Gasteiger partial charge is 0.247 e. The Kier molecular flexibility index (Phi) is 3.20. The number of aryl methyl sites for hydroxylation is 1. The van der Waals surface area contributed by atoms with Crippen LogP contribution in [-0.4, -0.2) is 19.9 Å². The lowest BCUT2D eigenvalue weighted by Gasteiger charge is -2.07. The lowest BCUT2D eigenvalue weighted by molar-refractivity contribution is 0.297. The normalized spacial score (nSPS) is 10.8. The van der Waals surface area contributed by atoms with E-state index in [0.717, 1.165) is 12.0 Å². The van der Waals surface area contributed by atoms with Crippen LogP contribution >= 0.6 is 0 Å². The second kappa shape index (κ2) is 5.16. The molecule has 0 spiro atoms. The molecule has 0 saturated heterocycles.